The molecule has 2 aromatic heterocycles. The summed E-state index contributed by atoms with van der Waals surface area (Å²) < 4.78 is 3.21. The predicted octanol–water partition coefficient (Wildman–Crippen LogP) is -1.17. The van der Waals surface area contributed by atoms with E-state index in [2.05, 4.69) is 20.7 Å². The van der Waals surface area contributed by atoms with Crippen LogP contribution < -0.4 is 11.1 Å². The van der Waals surface area contributed by atoms with Crippen LogP contribution in [0.3, 0.4) is 0 Å². The molecule has 0 aliphatic carbocycles. The second-order valence-corrected chi connectivity index (χ2v) is 4.23. The number of aromatic nitrogens is 5. The molecule has 0 bridgehead atoms. The molecule has 0 aliphatic heterocycles. The molecule has 1 amide bonds. The number of hydrogen-bond donors (Lipinski definition) is 2. The molecule has 3 N–H and O–H groups in total. The molecule has 0 aliphatic rings. The van der Waals surface area contributed by atoms with Gasteiger partial charge in [-0.15, -0.1) is 5.10 Å². The van der Waals surface area contributed by atoms with Gasteiger partial charge in [0.2, 0.25) is 5.91 Å². The van der Waals surface area contributed by atoms with Gasteiger partial charge in [-0.25, -0.2) is 4.68 Å². The summed E-state index contributed by atoms with van der Waals surface area (Å²) >= 11 is 0. The van der Waals surface area contributed by atoms with Crippen molar-refractivity contribution < 1.29 is 4.79 Å². The zero-order valence-electron chi connectivity index (χ0n) is 10.8. The topological polar surface area (TPSA) is 104 Å². The maximum atomic E-state index is 11.7. The van der Waals surface area contributed by atoms with Crippen LogP contribution in [0.25, 0.3) is 0 Å². The van der Waals surface area contributed by atoms with E-state index in [0.29, 0.717) is 18.8 Å². The highest BCUT2D eigenvalue weighted by atomic mass is 16.2. The molecule has 8 nitrogen and oxygen atoms in total. The Morgan fingerprint density at radius 1 is 1.47 bits per heavy atom. The Balaban J connectivity index is 1.72. The number of nitrogens with one attached hydrogen (secondary N) is 1. The minimum absolute atomic E-state index is 0.0997. The highest BCUT2D eigenvalue weighted by Crippen LogP contribution is 1.96. The average Bonchev–Trinajstić information content (AvgIpc) is 2.98. The molecule has 0 radical (unpaired) electrons. The van der Waals surface area contributed by atoms with E-state index >= 15 is 0 Å². The van der Waals surface area contributed by atoms with Gasteiger partial charge >= 0.3 is 0 Å². The molecule has 19 heavy (non-hydrogen) atoms. The molecule has 0 aromatic carbocycles. The summed E-state index contributed by atoms with van der Waals surface area (Å²) in [6.07, 6.45) is 6.14. The zero-order chi connectivity index (χ0) is 13.7. The predicted molar refractivity (Wildman–Crippen MR) is 67.8 cm³/mol. The van der Waals surface area contributed by atoms with Gasteiger partial charge in [0, 0.05) is 26.3 Å². The first-order valence-corrected chi connectivity index (χ1v) is 6.00. The Kier molecular flexibility index (Phi) is 4.24. The third-order valence-corrected chi connectivity index (χ3v) is 2.60. The van der Waals surface area contributed by atoms with Crippen molar-refractivity contribution in [2.45, 2.75) is 19.5 Å². The molecule has 0 saturated heterocycles. The van der Waals surface area contributed by atoms with Gasteiger partial charge in [0.15, 0.2) is 0 Å². The van der Waals surface area contributed by atoms with E-state index in [0.717, 1.165) is 12.0 Å². The van der Waals surface area contributed by atoms with Crippen LogP contribution in [-0.4, -0.2) is 37.2 Å². The second-order valence-electron chi connectivity index (χ2n) is 4.23. The van der Waals surface area contributed by atoms with Gasteiger partial charge < -0.3 is 11.1 Å². The fourth-order valence-electron chi connectivity index (χ4n) is 1.66. The summed E-state index contributed by atoms with van der Waals surface area (Å²) in [5.41, 5.74) is 7.18. The maximum Gasteiger partial charge on any atom is 0.241 e. The van der Waals surface area contributed by atoms with Crippen LogP contribution in [0, 0.1) is 0 Å². The summed E-state index contributed by atoms with van der Waals surface area (Å²) in [5.74, 6) is -0.0997. The van der Waals surface area contributed by atoms with Gasteiger partial charge in [0.1, 0.15) is 6.54 Å². The fourth-order valence-corrected chi connectivity index (χ4v) is 1.66. The lowest BCUT2D eigenvalue weighted by molar-refractivity contribution is -0.121. The minimum Gasteiger partial charge on any atom is -0.354 e. The van der Waals surface area contributed by atoms with Crippen molar-refractivity contribution in [1.29, 1.82) is 0 Å². The van der Waals surface area contributed by atoms with E-state index in [4.69, 9.17) is 5.73 Å². The van der Waals surface area contributed by atoms with E-state index in [9.17, 15) is 4.79 Å². The van der Waals surface area contributed by atoms with Gasteiger partial charge in [-0.1, -0.05) is 5.21 Å². The van der Waals surface area contributed by atoms with Crippen molar-refractivity contribution >= 4 is 5.91 Å². The van der Waals surface area contributed by atoms with E-state index < -0.39 is 0 Å². The van der Waals surface area contributed by atoms with Crippen LogP contribution in [0.5, 0.6) is 0 Å². The monoisotopic (exact) mass is 263 g/mol. The molecule has 2 rings (SSSR count). The molecule has 102 valence electrons. The van der Waals surface area contributed by atoms with Crippen LogP contribution >= 0.6 is 0 Å². The van der Waals surface area contributed by atoms with Crippen LogP contribution in [-0.2, 0) is 31.4 Å². The molecule has 2 heterocycles. The normalized spacial score (nSPS) is 10.6. The van der Waals surface area contributed by atoms with E-state index in [-0.39, 0.29) is 12.5 Å². The zero-order valence-corrected chi connectivity index (χ0v) is 10.8. The van der Waals surface area contributed by atoms with E-state index in [1.165, 1.54) is 4.68 Å². The highest BCUT2D eigenvalue weighted by molar-refractivity contribution is 5.75. The Labute approximate surface area is 110 Å². The average molecular weight is 263 g/mol. The first kappa shape index (κ1) is 13.2. The smallest absolute Gasteiger partial charge is 0.241 e. The summed E-state index contributed by atoms with van der Waals surface area (Å²) in [5, 5.41) is 14.5. The van der Waals surface area contributed by atoms with Crippen molar-refractivity contribution in [2.75, 3.05) is 6.54 Å². The van der Waals surface area contributed by atoms with Crippen molar-refractivity contribution in [2.24, 2.45) is 12.8 Å². The van der Waals surface area contributed by atoms with Crippen LogP contribution in [0.15, 0.2) is 18.6 Å². The second kappa shape index (κ2) is 6.10. The van der Waals surface area contributed by atoms with Gasteiger partial charge in [-0.2, -0.15) is 5.10 Å². The van der Waals surface area contributed by atoms with Gasteiger partial charge in [-0.3, -0.25) is 9.48 Å². The number of nitrogens with zero attached hydrogens (tertiary/aromatic N) is 5. The first-order chi connectivity index (χ1) is 9.17. The fraction of sp³-hybridized carbons (Fsp3) is 0.455. The summed E-state index contributed by atoms with van der Waals surface area (Å²) in [4.78, 5) is 11.7. The SMILES string of the molecule is Cn1cc(CCNC(=O)Cn2cc(CN)nn2)cn1. The lowest BCUT2D eigenvalue weighted by Crippen LogP contribution is -2.29. The van der Waals surface area contributed by atoms with Gasteiger partial charge in [-0.05, 0) is 12.0 Å². The number of amides is 1. The number of hydrogen-bond acceptors (Lipinski definition) is 5. The molecule has 0 unspecified atom stereocenters. The van der Waals surface area contributed by atoms with E-state index in [1.807, 2.05) is 13.2 Å². The lowest BCUT2D eigenvalue weighted by atomic mass is 10.2. The minimum atomic E-state index is -0.0997. The number of carbonyl (C=O) groups is 1. The van der Waals surface area contributed by atoms with Gasteiger partial charge in [0.25, 0.3) is 0 Å². The standard InChI is InChI=1S/C11H17N7O/c1-17-6-9(5-14-17)2-3-13-11(19)8-18-7-10(4-12)15-16-18/h5-7H,2-4,8,12H2,1H3,(H,13,19). The molecular weight excluding hydrogens is 246 g/mol. The number of aryl methyl sites for hydroxylation is 1. The van der Waals surface area contributed by atoms with Crippen LogP contribution in [0.2, 0.25) is 0 Å². The molecule has 0 saturated carbocycles. The molecule has 2 aromatic rings. The lowest BCUT2D eigenvalue weighted by Gasteiger charge is -2.03. The molecular formula is C11H17N7O. The molecule has 0 fully saturated rings. The number of carbonyl (C=O) groups excluding carboxylic acids is 1. The Morgan fingerprint density at radius 2 is 2.32 bits per heavy atom. The summed E-state index contributed by atoms with van der Waals surface area (Å²) in [7, 11) is 1.86. The number of rotatable bonds is 6. The van der Waals surface area contributed by atoms with Crippen LogP contribution in [0.4, 0.5) is 0 Å². The molecule has 0 atom stereocenters. The van der Waals surface area contributed by atoms with Crippen molar-refractivity contribution in [1.82, 2.24) is 30.1 Å². The van der Waals surface area contributed by atoms with Crippen molar-refractivity contribution in [3.05, 3.63) is 29.8 Å². The Morgan fingerprint density at radius 3 is 2.95 bits per heavy atom. The summed E-state index contributed by atoms with van der Waals surface area (Å²) in [6, 6.07) is 0. The Bertz CT molecular complexity index is 545. The largest absolute Gasteiger partial charge is 0.354 e. The van der Waals surface area contributed by atoms with Crippen LogP contribution in [0.1, 0.15) is 11.3 Å². The van der Waals surface area contributed by atoms with Gasteiger partial charge in [0.05, 0.1) is 18.1 Å². The number of nitrogens with two attached hydrogens (primary N) is 1. The Hall–Kier alpha value is -2.22. The molecule has 8 heteroatoms. The summed E-state index contributed by atoms with van der Waals surface area (Å²) in [6.45, 7) is 1.05. The van der Waals surface area contributed by atoms with Crippen molar-refractivity contribution in [3.63, 3.8) is 0 Å². The quantitative estimate of drug-likeness (QED) is 0.683. The third-order valence-electron chi connectivity index (χ3n) is 2.60. The molecule has 0 spiro atoms. The maximum absolute atomic E-state index is 11.7. The van der Waals surface area contributed by atoms with E-state index in [1.54, 1.807) is 17.1 Å². The third kappa shape index (κ3) is 3.88. The highest BCUT2D eigenvalue weighted by Gasteiger charge is 2.05. The first-order valence-electron chi connectivity index (χ1n) is 6.00. The van der Waals surface area contributed by atoms with Crippen molar-refractivity contribution in [3.8, 4) is 0 Å².